The summed E-state index contributed by atoms with van der Waals surface area (Å²) in [6.45, 7) is 2.04. The molecule has 0 rings (SSSR count). The van der Waals surface area contributed by atoms with Gasteiger partial charge in [0, 0.05) is 13.7 Å². The van der Waals surface area contributed by atoms with E-state index in [0.717, 1.165) is 13.2 Å². The number of ether oxygens (including phenoxy) is 1. The van der Waals surface area contributed by atoms with Crippen LogP contribution in [0.5, 0.6) is 0 Å². The second kappa shape index (κ2) is 7.92. The topological polar surface area (TPSA) is 25.8 Å². The van der Waals surface area contributed by atoms with Crippen molar-refractivity contribution in [2.75, 3.05) is 20.3 Å². The molecule has 0 unspecified atom stereocenters. The lowest BCUT2D eigenvalue weighted by Crippen LogP contribution is -2.76. The minimum Gasteiger partial charge on any atom is -0.479 e. The molecule has 2 nitrogen and oxygen atoms in total. The van der Waals surface area contributed by atoms with Crippen LogP contribution in [0.25, 0.3) is 0 Å². The van der Waals surface area contributed by atoms with Gasteiger partial charge in [-0.05, 0) is 19.3 Å². The predicted molar refractivity (Wildman–Crippen MR) is 37.9 cm³/mol. The van der Waals surface area contributed by atoms with Crippen LogP contribution in [-0.4, -0.2) is 20.3 Å². The van der Waals surface area contributed by atoms with Crippen LogP contribution in [0.4, 0.5) is 0 Å². The maximum Gasteiger partial charge on any atom is 0.0515 e. The van der Waals surface area contributed by atoms with E-state index < -0.39 is 0 Å². The van der Waals surface area contributed by atoms with Gasteiger partial charge in [-0.2, -0.15) is 7.05 Å². The number of quaternary nitrogens is 1. The number of hydrogen-bond acceptors (Lipinski definition) is 1. The van der Waals surface area contributed by atoms with Crippen molar-refractivity contribution in [3.63, 3.8) is 0 Å². The smallest absolute Gasteiger partial charge is 0.0515 e. The zero-order valence-corrected chi connectivity index (χ0v) is 6.23. The van der Waals surface area contributed by atoms with Crippen LogP contribution in [0.3, 0.4) is 0 Å². The Kier molecular flexibility index (Phi) is 7.85. The summed E-state index contributed by atoms with van der Waals surface area (Å²) < 4.78 is 4.90. The van der Waals surface area contributed by atoms with Crippen molar-refractivity contribution >= 4 is 0 Å². The van der Waals surface area contributed by atoms with E-state index in [9.17, 15) is 0 Å². The maximum absolute atomic E-state index is 4.90. The molecular weight excluding hydrogens is 114 g/mol. The third-order valence-electron chi connectivity index (χ3n) is 1.26. The molecule has 0 aromatic heterocycles. The Balaban J connectivity index is 2.60. The van der Waals surface area contributed by atoms with Gasteiger partial charge < -0.3 is 10.1 Å². The van der Waals surface area contributed by atoms with Crippen LogP contribution in [-0.2, 0) is 4.74 Å². The number of nitrogens with two attached hydrogens (primary N) is 1. The number of unbranched alkanes of at least 4 members (excludes halogenated alkanes) is 2. The second-order valence-corrected chi connectivity index (χ2v) is 2.13. The summed E-state index contributed by atoms with van der Waals surface area (Å²) in [6.07, 6.45) is 3.71. The maximum atomic E-state index is 4.90. The quantitative estimate of drug-likeness (QED) is 0.403. The molecule has 9 heavy (non-hydrogen) atoms. The van der Waals surface area contributed by atoms with Gasteiger partial charge in [0.05, 0.1) is 6.54 Å². The largest absolute Gasteiger partial charge is 0.479 e. The second-order valence-electron chi connectivity index (χ2n) is 2.13. The predicted octanol–water partition coefficient (Wildman–Crippen LogP) is 0.158. The van der Waals surface area contributed by atoms with Crippen LogP contribution >= 0.6 is 0 Å². The van der Waals surface area contributed by atoms with Gasteiger partial charge in [0.15, 0.2) is 0 Å². The molecule has 0 heterocycles. The molecule has 0 aromatic rings. The minimum absolute atomic E-state index is 0.900. The van der Waals surface area contributed by atoms with Crippen molar-refractivity contribution in [2.24, 2.45) is 0 Å². The molecule has 0 aliphatic heterocycles. The highest BCUT2D eigenvalue weighted by Crippen LogP contribution is 1.91. The van der Waals surface area contributed by atoms with Crippen LogP contribution < -0.4 is 5.32 Å². The molecule has 56 valence electrons. The van der Waals surface area contributed by atoms with Gasteiger partial charge in [-0.1, -0.05) is 0 Å². The van der Waals surface area contributed by atoms with Crippen molar-refractivity contribution in [3.8, 4) is 0 Å². The Morgan fingerprint density at radius 1 is 1.33 bits per heavy atom. The van der Waals surface area contributed by atoms with Gasteiger partial charge >= 0.3 is 0 Å². The number of rotatable bonds is 6. The third-order valence-corrected chi connectivity index (χ3v) is 1.26. The highest BCUT2D eigenvalue weighted by atomic mass is 16.5. The average Bonchev–Trinajstić information content (AvgIpc) is 1.89. The average molecular weight is 131 g/mol. The van der Waals surface area contributed by atoms with Crippen molar-refractivity contribution in [2.45, 2.75) is 19.3 Å². The molecule has 0 aliphatic rings. The molecule has 0 aliphatic carbocycles. The standard InChI is InChI=1S/C7H17NO/c1-8-6-4-3-5-7-9-2/h1,3-8H2,2H3. The van der Waals surface area contributed by atoms with Gasteiger partial charge in [0.25, 0.3) is 0 Å². The molecule has 2 heteroatoms. The zero-order valence-electron chi connectivity index (χ0n) is 6.23. The first-order valence-corrected chi connectivity index (χ1v) is 3.51. The lowest BCUT2D eigenvalue weighted by atomic mass is 10.2. The SMILES string of the molecule is [CH2-][NH2+]CCCCCOC. The molecular formula is C7H17NO. The lowest BCUT2D eigenvalue weighted by Gasteiger charge is -1.99. The molecule has 0 saturated heterocycles. The monoisotopic (exact) mass is 131 g/mol. The Bertz CT molecular complexity index is 42.2. The summed E-state index contributed by atoms with van der Waals surface area (Å²) in [4.78, 5) is 0. The Labute approximate surface area is 57.6 Å². The first kappa shape index (κ1) is 8.92. The van der Waals surface area contributed by atoms with Crippen molar-refractivity contribution in [1.29, 1.82) is 0 Å². The molecule has 0 spiro atoms. The molecule has 2 N–H and O–H groups in total. The summed E-state index contributed by atoms with van der Waals surface area (Å²) in [5.41, 5.74) is 0. The van der Waals surface area contributed by atoms with E-state index in [4.69, 9.17) is 4.74 Å². The first-order valence-electron chi connectivity index (χ1n) is 3.51. The fraction of sp³-hybridized carbons (Fsp3) is 0.857. The summed E-state index contributed by atoms with van der Waals surface area (Å²) in [5.74, 6) is 0. The minimum atomic E-state index is 0.900. The highest BCUT2D eigenvalue weighted by molar-refractivity contribution is 4.37. The fourth-order valence-corrected chi connectivity index (χ4v) is 0.712. The van der Waals surface area contributed by atoms with Gasteiger partial charge in [-0.15, -0.1) is 0 Å². The number of hydrogen-bond donors (Lipinski definition) is 1. The molecule has 0 radical (unpaired) electrons. The first-order chi connectivity index (χ1) is 4.41. The van der Waals surface area contributed by atoms with E-state index in [2.05, 4.69) is 7.05 Å². The number of methoxy groups -OCH3 is 1. The molecule has 0 atom stereocenters. The van der Waals surface area contributed by atoms with E-state index >= 15 is 0 Å². The Morgan fingerprint density at radius 3 is 2.67 bits per heavy atom. The van der Waals surface area contributed by atoms with Crippen LogP contribution in [0, 0.1) is 7.05 Å². The molecule has 0 amide bonds. The van der Waals surface area contributed by atoms with Gasteiger partial charge in [0.1, 0.15) is 0 Å². The molecule has 0 fully saturated rings. The van der Waals surface area contributed by atoms with E-state index in [1.807, 2.05) is 5.32 Å². The van der Waals surface area contributed by atoms with Crippen LogP contribution in [0.1, 0.15) is 19.3 Å². The van der Waals surface area contributed by atoms with E-state index in [0.29, 0.717) is 0 Å². The molecule has 0 bridgehead atoms. The normalized spacial score (nSPS) is 10.0. The molecule has 0 saturated carbocycles. The van der Waals surface area contributed by atoms with E-state index in [-0.39, 0.29) is 0 Å². The third kappa shape index (κ3) is 7.92. The van der Waals surface area contributed by atoms with Crippen molar-refractivity contribution in [1.82, 2.24) is 0 Å². The fourth-order valence-electron chi connectivity index (χ4n) is 0.712. The summed E-state index contributed by atoms with van der Waals surface area (Å²) in [7, 11) is 5.39. The van der Waals surface area contributed by atoms with Crippen LogP contribution in [0.15, 0.2) is 0 Å². The summed E-state index contributed by atoms with van der Waals surface area (Å²) >= 11 is 0. The summed E-state index contributed by atoms with van der Waals surface area (Å²) in [6, 6.07) is 0. The van der Waals surface area contributed by atoms with Crippen LogP contribution in [0.2, 0.25) is 0 Å². The van der Waals surface area contributed by atoms with Gasteiger partial charge in [-0.25, -0.2) is 0 Å². The Morgan fingerprint density at radius 2 is 2.11 bits per heavy atom. The highest BCUT2D eigenvalue weighted by Gasteiger charge is 1.85. The van der Waals surface area contributed by atoms with Crippen molar-refractivity contribution < 1.29 is 10.1 Å². The van der Waals surface area contributed by atoms with E-state index in [1.165, 1.54) is 19.3 Å². The summed E-state index contributed by atoms with van der Waals surface area (Å²) in [5, 5.41) is 1.97. The van der Waals surface area contributed by atoms with E-state index in [1.54, 1.807) is 7.11 Å². The lowest BCUT2D eigenvalue weighted by molar-refractivity contribution is -0.595. The van der Waals surface area contributed by atoms with Gasteiger partial charge in [0.2, 0.25) is 0 Å². The zero-order chi connectivity index (χ0) is 6.95. The Hall–Kier alpha value is -0.0800. The van der Waals surface area contributed by atoms with Crippen molar-refractivity contribution in [3.05, 3.63) is 7.05 Å². The van der Waals surface area contributed by atoms with Gasteiger partial charge in [-0.3, -0.25) is 0 Å². The molecule has 0 aromatic carbocycles.